The van der Waals surface area contributed by atoms with Crippen molar-refractivity contribution < 1.29 is 123 Å². The molecule has 13 heavy (non-hydrogen) atoms. The molecule has 1 N–H and O–H groups in total. The van der Waals surface area contributed by atoms with Crippen LogP contribution in [0.1, 0.15) is 0 Å². The third-order valence-corrected chi connectivity index (χ3v) is 0.756. The maximum atomic E-state index is 8.63. The van der Waals surface area contributed by atoms with E-state index in [0.717, 1.165) is 0 Å². The number of carboxylic acid groups (broad SMARTS) is 2. The number of rotatable bonds is 0. The van der Waals surface area contributed by atoms with Gasteiger partial charge in [0.05, 0.1) is 0 Å². The van der Waals surface area contributed by atoms with Crippen molar-refractivity contribution >= 4 is 6.16 Å². The first-order chi connectivity index (χ1) is 5.13. The molecule has 0 saturated heterocycles. The fourth-order valence-electron chi connectivity index (χ4n) is 0.428. The van der Waals surface area contributed by atoms with Crippen molar-refractivity contribution in [2.45, 2.75) is 0 Å². The number of benzene rings is 1. The molecular weight excluding hydrogens is 226 g/mol. The summed E-state index contributed by atoms with van der Waals surface area (Å²) in [5.41, 5.74) is 0. The maximum Gasteiger partial charge on any atom is 1.00 e. The molecule has 0 saturated carbocycles. The summed E-state index contributed by atoms with van der Waals surface area (Å²) in [4.78, 5) is 8.33. The minimum absolute atomic E-state index is 0. The Balaban J connectivity index is -0.000000150. The first-order valence-electron chi connectivity index (χ1n) is 2.75. The molecule has 1 rings (SSSR count). The molecule has 4 nitrogen and oxygen atoms in total. The van der Waals surface area contributed by atoms with Gasteiger partial charge in [-0.15, -0.1) is 0 Å². The van der Waals surface area contributed by atoms with Gasteiger partial charge in [-0.05, 0) is 18.3 Å². The Bertz CT molecular complexity index is 211. The van der Waals surface area contributed by atoms with E-state index in [2.05, 4.69) is 0 Å². The van der Waals surface area contributed by atoms with Gasteiger partial charge in [0.25, 0.3) is 0 Å². The molecule has 6 heteroatoms. The van der Waals surface area contributed by atoms with Crippen molar-refractivity contribution in [3.05, 3.63) is 30.3 Å². The molecule has 0 atom stereocenters. The van der Waals surface area contributed by atoms with Crippen LogP contribution in [0.5, 0.6) is 5.75 Å². The normalized spacial score (nSPS) is 6.46. The topological polar surface area (TPSA) is 83.4 Å². The molecule has 60 valence electrons. The van der Waals surface area contributed by atoms with Gasteiger partial charge in [0.15, 0.2) is 0 Å². The van der Waals surface area contributed by atoms with E-state index in [1.54, 1.807) is 24.3 Å². The third kappa shape index (κ3) is 19.8. The van der Waals surface area contributed by atoms with E-state index in [4.69, 9.17) is 20.1 Å². The maximum absolute atomic E-state index is 8.63. The van der Waals surface area contributed by atoms with Crippen LogP contribution in [0.3, 0.4) is 0 Å². The van der Waals surface area contributed by atoms with E-state index in [9.17, 15) is 0 Å². The average Bonchev–Trinajstić information content (AvgIpc) is 1.87. The fourth-order valence-corrected chi connectivity index (χ4v) is 0.428. The SMILES string of the molecule is O=C([O-])[O-].Oc1ccccc1.[K+].[K+]. The number of carbonyl (C=O) groups is 1. The molecule has 0 heterocycles. The molecule has 0 bridgehead atoms. The zero-order valence-electron chi connectivity index (χ0n) is 7.56. The van der Waals surface area contributed by atoms with Gasteiger partial charge in [0.1, 0.15) is 5.75 Å². The van der Waals surface area contributed by atoms with E-state index in [0.29, 0.717) is 5.75 Å². The zero-order chi connectivity index (χ0) is 8.69. The van der Waals surface area contributed by atoms with Crippen LogP contribution in [0.25, 0.3) is 0 Å². The van der Waals surface area contributed by atoms with Gasteiger partial charge in [0.2, 0.25) is 0 Å². The number of hydrogen-bond acceptors (Lipinski definition) is 4. The minimum atomic E-state index is -2.33. The van der Waals surface area contributed by atoms with Crippen LogP contribution in [0.2, 0.25) is 0 Å². The van der Waals surface area contributed by atoms with E-state index < -0.39 is 6.16 Å². The van der Waals surface area contributed by atoms with Crippen molar-refractivity contribution in [3.63, 3.8) is 0 Å². The van der Waals surface area contributed by atoms with E-state index >= 15 is 0 Å². The molecule has 0 aromatic heterocycles. The predicted octanol–water partition coefficient (Wildman–Crippen LogP) is -7.05. The summed E-state index contributed by atoms with van der Waals surface area (Å²) in [6.45, 7) is 0. The Morgan fingerprint density at radius 3 is 1.54 bits per heavy atom. The standard InChI is InChI=1S/C6H6O.CH2O3.2K/c7-6-4-2-1-3-5-6;2-1(3)4;;/h1-5,7H;(H2,2,3,4);;/q;;2*+1/p-2. The Morgan fingerprint density at radius 2 is 1.38 bits per heavy atom. The Kier molecular flexibility index (Phi) is 20.9. The summed E-state index contributed by atoms with van der Waals surface area (Å²) in [5.74, 6) is 0.322. The number of phenolic OH excluding ortho intramolecular Hbond substituents is 1. The fraction of sp³-hybridized carbons (Fsp3) is 0. The minimum Gasteiger partial charge on any atom is -0.652 e. The Labute approximate surface area is 161 Å². The van der Waals surface area contributed by atoms with Crippen LogP contribution < -0.4 is 113 Å². The molecule has 0 aliphatic heterocycles. The van der Waals surface area contributed by atoms with Gasteiger partial charge in [-0.1, -0.05) is 18.2 Å². The number of para-hydroxylation sites is 1. The van der Waals surface area contributed by atoms with Gasteiger partial charge in [-0.25, -0.2) is 0 Å². The summed E-state index contributed by atoms with van der Waals surface area (Å²) in [5, 5.41) is 25.3. The van der Waals surface area contributed by atoms with Crippen molar-refractivity contribution in [2.75, 3.05) is 0 Å². The van der Waals surface area contributed by atoms with Crippen LogP contribution in [0, 0.1) is 0 Å². The Hall–Kier alpha value is 1.56. The molecule has 0 aliphatic rings. The summed E-state index contributed by atoms with van der Waals surface area (Å²) < 4.78 is 0. The summed E-state index contributed by atoms with van der Waals surface area (Å²) in [7, 11) is 0. The molecule has 0 spiro atoms. The largest absolute Gasteiger partial charge is 1.00 e. The van der Waals surface area contributed by atoms with Crippen molar-refractivity contribution in [3.8, 4) is 5.75 Å². The Morgan fingerprint density at radius 1 is 1.08 bits per heavy atom. The smallest absolute Gasteiger partial charge is 0.652 e. The van der Waals surface area contributed by atoms with Crippen molar-refractivity contribution in [1.82, 2.24) is 0 Å². The summed E-state index contributed by atoms with van der Waals surface area (Å²) in [6, 6.07) is 8.71. The van der Waals surface area contributed by atoms with Crippen LogP contribution >= 0.6 is 0 Å². The molecule has 0 amide bonds. The average molecular weight is 232 g/mol. The molecule has 0 unspecified atom stereocenters. The second-order valence-corrected chi connectivity index (χ2v) is 1.59. The summed E-state index contributed by atoms with van der Waals surface area (Å²) >= 11 is 0. The second kappa shape index (κ2) is 13.6. The predicted molar refractivity (Wildman–Crippen MR) is 33.5 cm³/mol. The van der Waals surface area contributed by atoms with Crippen LogP contribution in [0.15, 0.2) is 30.3 Å². The van der Waals surface area contributed by atoms with E-state index in [1.807, 2.05) is 6.07 Å². The van der Waals surface area contributed by atoms with Crippen LogP contribution in [-0.4, -0.2) is 11.3 Å². The van der Waals surface area contributed by atoms with E-state index in [-0.39, 0.29) is 103 Å². The monoisotopic (exact) mass is 232 g/mol. The van der Waals surface area contributed by atoms with Gasteiger partial charge >= 0.3 is 103 Å². The first kappa shape index (κ1) is 20.0. The number of aromatic hydroxyl groups is 1. The van der Waals surface area contributed by atoms with Crippen molar-refractivity contribution in [2.24, 2.45) is 0 Å². The van der Waals surface area contributed by atoms with Crippen LogP contribution in [0.4, 0.5) is 4.79 Å². The molecule has 0 radical (unpaired) electrons. The van der Waals surface area contributed by atoms with Gasteiger partial charge in [0, 0.05) is 0 Å². The zero-order valence-corrected chi connectivity index (χ0v) is 13.8. The van der Waals surface area contributed by atoms with Crippen LogP contribution in [-0.2, 0) is 0 Å². The van der Waals surface area contributed by atoms with Gasteiger partial charge in [-0.3, -0.25) is 0 Å². The van der Waals surface area contributed by atoms with E-state index in [1.165, 1.54) is 0 Å². The molecule has 1 aromatic rings. The number of phenols is 1. The first-order valence-corrected chi connectivity index (χ1v) is 2.75. The second-order valence-electron chi connectivity index (χ2n) is 1.59. The summed E-state index contributed by atoms with van der Waals surface area (Å²) in [6.07, 6.45) is -2.33. The quantitative estimate of drug-likeness (QED) is 0.451. The van der Waals surface area contributed by atoms with Gasteiger partial charge < -0.3 is 20.1 Å². The van der Waals surface area contributed by atoms with Crippen molar-refractivity contribution in [1.29, 1.82) is 0 Å². The van der Waals surface area contributed by atoms with Gasteiger partial charge in [-0.2, -0.15) is 0 Å². The number of hydrogen-bond donors (Lipinski definition) is 1. The number of carbonyl (C=O) groups excluding carboxylic acids is 1. The molecule has 1 aromatic carbocycles. The third-order valence-electron chi connectivity index (χ3n) is 0.756. The molecule has 0 fully saturated rings. The molecule has 0 aliphatic carbocycles. The molecular formula is C7H6K2O4.